The van der Waals surface area contributed by atoms with Crippen LogP contribution in [0.1, 0.15) is 12.6 Å². The molecule has 1 N–H and O–H groups in total. The Morgan fingerprint density at radius 1 is 1.26 bits per heavy atom. The van der Waals surface area contributed by atoms with Crippen molar-refractivity contribution in [2.45, 2.75) is 24.9 Å². The molecule has 3 aromatic rings. The number of hydrogen-bond acceptors (Lipinski definition) is 5. The number of sulfonamides is 1. The molecule has 0 saturated carbocycles. The Bertz CT molecular complexity index is 992. The zero-order valence-corrected chi connectivity index (χ0v) is 14.0. The Kier molecular flexibility index (Phi) is 4.29. The molecule has 6 nitrogen and oxygen atoms in total. The van der Waals surface area contributed by atoms with Crippen molar-refractivity contribution in [3.63, 3.8) is 0 Å². The summed E-state index contributed by atoms with van der Waals surface area (Å²) in [6.07, 6.45) is 1.61. The van der Waals surface area contributed by atoms with E-state index in [0.29, 0.717) is 16.9 Å². The Hall–Kier alpha value is -2.03. The van der Waals surface area contributed by atoms with Gasteiger partial charge in [0.05, 0.1) is 27.4 Å². The van der Waals surface area contributed by atoms with Crippen molar-refractivity contribution in [2.75, 3.05) is 0 Å². The molecule has 120 valence electrons. The van der Waals surface area contributed by atoms with E-state index in [2.05, 4.69) is 9.71 Å². The van der Waals surface area contributed by atoms with Crippen molar-refractivity contribution in [2.24, 2.45) is 0 Å². The highest BCUT2D eigenvalue weighted by atomic mass is 32.2. The lowest BCUT2D eigenvalue weighted by molar-refractivity contribution is 0.580. The standard InChI is InChI=1S/C15H15N3O3S2/c1-2-18-13-7-6-12(9-14(13)22-15(18)19)23(20,21)17-10-11-5-3-4-8-16-11/h3-9,17H,2,10H2,1H3. The van der Waals surface area contributed by atoms with Crippen LogP contribution >= 0.6 is 11.3 Å². The molecule has 1 aromatic carbocycles. The number of benzene rings is 1. The highest BCUT2D eigenvalue weighted by Crippen LogP contribution is 2.21. The van der Waals surface area contributed by atoms with Gasteiger partial charge in [0, 0.05) is 12.7 Å². The molecule has 0 amide bonds. The maximum absolute atomic E-state index is 12.4. The Morgan fingerprint density at radius 3 is 2.78 bits per heavy atom. The van der Waals surface area contributed by atoms with Crippen molar-refractivity contribution in [3.05, 3.63) is 58.0 Å². The summed E-state index contributed by atoms with van der Waals surface area (Å²) in [6.45, 7) is 2.56. The first-order valence-corrected chi connectivity index (χ1v) is 9.34. The van der Waals surface area contributed by atoms with E-state index in [4.69, 9.17) is 0 Å². The first-order chi connectivity index (χ1) is 11.0. The number of aryl methyl sites for hydroxylation is 1. The molecular formula is C15H15N3O3S2. The van der Waals surface area contributed by atoms with Gasteiger partial charge in [0.2, 0.25) is 10.0 Å². The number of thiazole rings is 1. The van der Waals surface area contributed by atoms with Gasteiger partial charge in [-0.05, 0) is 37.3 Å². The van der Waals surface area contributed by atoms with Gasteiger partial charge in [-0.3, -0.25) is 14.3 Å². The second kappa shape index (κ2) is 6.23. The summed E-state index contributed by atoms with van der Waals surface area (Å²) in [5.41, 5.74) is 1.39. The number of nitrogens with one attached hydrogen (secondary N) is 1. The first kappa shape index (κ1) is 15.9. The van der Waals surface area contributed by atoms with Gasteiger partial charge in [0.15, 0.2) is 0 Å². The fourth-order valence-electron chi connectivity index (χ4n) is 2.27. The number of fused-ring (bicyclic) bond motifs is 1. The molecule has 2 aromatic heterocycles. The van der Waals surface area contributed by atoms with Gasteiger partial charge in [0.1, 0.15) is 0 Å². The van der Waals surface area contributed by atoms with Gasteiger partial charge in [-0.25, -0.2) is 13.1 Å². The van der Waals surface area contributed by atoms with Crippen molar-refractivity contribution in [3.8, 4) is 0 Å². The lowest BCUT2D eigenvalue weighted by atomic mass is 10.3. The van der Waals surface area contributed by atoms with Crippen LogP contribution in [0.2, 0.25) is 0 Å². The Labute approximate surface area is 137 Å². The van der Waals surface area contributed by atoms with Crippen LogP contribution in [0.4, 0.5) is 0 Å². The van der Waals surface area contributed by atoms with Crippen LogP contribution in [0.25, 0.3) is 10.2 Å². The van der Waals surface area contributed by atoms with E-state index in [9.17, 15) is 13.2 Å². The molecule has 0 atom stereocenters. The SMILES string of the molecule is CCn1c(=O)sc2cc(S(=O)(=O)NCc3ccccn3)ccc21. The van der Waals surface area contributed by atoms with E-state index in [1.807, 2.05) is 6.92 Å². The summed E-state index contributed by atoms with van der Waals surface area (Å²) < 4.78 is 29.6. The molecule has 0 fully saturated rings. The molecule has 0 saturated heterocycles. The van der Waals surface area contributed by atoms with Crippen molar-refractivity contribution in [1.82, 2.24) is 14.3 Å². The van der Waals surface area contributed by atoms with Crippen LogP contribution in [0.15, 0.2) is 52.3 Å². The Morgan fingerprint density at radius 2 is 2.09 bits per heavy atom. The van der Waals surface area contributed by atoms with Gasteiger partial charge < -0.3 is 0 Å². The third-order valence-corrected chi connectivity index (χ3v) is 5.78. The summed E-state index contributed by atoms with van der Waals surface area (Å²) in [6, 6.07) is 10.0. The molecule has 0 bridgehead atoms. The number of rotatable bonds is 5. The zero-order valence-electron chi connectivity index (χ0n) is 12.4. The van der Waals surface area contributed by atoms with E-state index >= 15 is 0 Å². The van der Waals surface area contributed by atoms with Crippen LogP contribution < -0.4 is 9.60 Å². The van der Waals surface area contributed by atoms with Gasteiger partial charge >= 0.3 is 4.87 Å². The molecular weight excluding hydrogens is 334 g/mol. The average Bonchev–Trinajstić information content (AvgIpc) is 2.88. The van der Waals surface area contributed by atoms with Gasteiger partial charge in [-0.2, -0.15) is 0 Å². The molecule has 8 heteroatoms. The van der Waals surface area contributed by atoms with Crippen molar-refractivity contribution >= 4 is 31.6 Å². The largest absolute Gasteiger partial charge is 0.308 e. The second-order valence-corrected chi connectivity index (χ2v) is 7.65. The minimum atomic E-state index is -3.65. The summed E-state index contributed by atoms with van der Waals surface area (Å²) in [7, 11) is -3.65. The predicted molar refractivity (Wildman–Crippen MR) is 90.0 cm³/mol. The number of aromatic nitrogens is 2. The van der Waals surface area contributed by atoms with E-state index < -0.39 is 10.0 Å². The fourth-order valence-corrected chi connectivity index (χ4v) is 4.36. The van der Waals surface area contributed by atoms with Crippen LogP contribution in [0.3, 0.4) is 0 Å². The normalized spacial score (nSPS) is 11.9. The lowest BCUT2D eigenvalue weighted by Crippen LogP contribution is -2.23. The number of hydrogen-bond donors (Lipinski definition) is 1. The zero-order chi connectivity index (χ0) is 16.4. The molecule has 0 aliphatic carbocycles. The fraction of sp³-hybridized carbons (Fsp3) is 0.200. The summed E-state index contributed by atoms with van der Waals surface area (Å²) in [4.78, 5) is 16.0. The van der Waals surface area contributed by atoms with Gasteiger partial charge in [-0.1, -0.05) is 17.4 Å². The van der Waals surface area contributed by atoms with Gasteiger partial charge in [-0.15, -0.1) is 0 Å². The van der Waals surface area contributed by atoms with Crippen LogP contribution in [0, 0.1) is 0 Å². The number of nitrogens with zero attached hydrogens (tertiary/aromatic N) is 2. The van der Waals surface area contributed by atoms with Gasteiger partial charge in [0.25, 0.3) is 0 Å². The van der Waals surface area contributed by atoms with Crippen molar-refractivity contribution in [1.29, 1.82) is 0 Å². The predicted octanol–water partition coefficient (Wildman–Crippen LogP) is 1.96. The summed E-state index contributed by atoms with van der Waals surface area (Å²) in [5, 5.41) is 0. The monoisotopic (exact) mass is 349 g/mol. The maximum Gasteiger partial charge on any atom is 0.308 e. The molecule has 3 rings (SSSR count). The highest BCUT2D eigenvalue weighted by molar-refractivity contribution is 7.89. The smallest absolute Gasteiger partial charge is 0.299 e. The minimum Gasteiger partial charge on any atom is -0.299 e. The molecule has 0 spiro atoms. The van der Waals surface area contributed by atoms with E-state index in [1.54, 1.807) is 35.0 Å². The first-order valence-electron chi connectivity index (χ1n) is 7.04. The van der Waals surface area contributed by atoms with Crippen molar-refractivity contribution < 1.29 is 8.42 Å². The summed E-state index contributed by atoms with van der Waals surface area (Å²) in [5.74, 6) is 0. The third kappa shape index (κ3) is 3.19. The quantitative estimate of drug-likeness (QED) is 0.763. The maximum atomic E-state index is 12.4. The molecule has 0 aliphatic heterocycles. The van der Waals surface area contributed by atoms with E-state index in [1.165, 1.54) is 12.1 Å². The number of pyridine rings is 1. The molecule has 2 heterocycles. The highest BCUT2D eigenvalue weighted by Gasteiger charge is 2.16. The summed E-state index contributed by atoms with van der Waals surface area (Å²) >= 11 is 1.05. The van der Waals surface area contributed by atoms with Crippen LogP contribution in [0.5, 0.6) is 0 Å². The topological polar surface area (TPSA) is 81.1 Å². The minimum absolute atomic E-state index is 0.0847. The third-order valence-electron chi connectivity index (χ3n) is 3.44. The molecule has 0 radical (unpaired) electrons. The van der Waals surface area contributed by atoms with Crippen LogP contribution in [-0.4, -0.2) is 18.0 Å². The second-order valence-electron chi connectivity index (χ2n) is 4.89. The molecule has 0 aliphatic rings. The Balaban J connectivity index is 1.91. The molecule has 0 unspecified atom stereocenters. The molecule has 23 heavy (non-hydrogen) atoms. The van der Waals surface area contributed by atoms with Crippen LogP contribution in [-0.2, 0) is 23.1 Å². The van der Waals surface area contributed by atoms with E-state index in [0.717, 1.165) is 16.9 Å². The van der Waals surface area contributed by atoms with E-state index in [-0.39, 0.29) is 16.3 Å². The average molecular weight is 349 g/mol. The lowest BCUT2D eigenvalue weighted by Gasteiger charge is -2.07.